The van der Waals surface area contributed by atoms with E-state index in [1.54, 1.807) is 43.0 Å². The maximum absolute atomic E-state index is 12.7. The Morgan fingerprint density at radius 3 is 1.56 bits per heavy atom. The van der Waals surface area contributed by atoms with E-state index in [4.69, 9.17) is 5.73 Å². The molecule has 7 rings (SSSR count). The van der Waals surface area contributed by atoms with Gasteiger partial charge in [0.25, 0.3) is 27.9 Å². The fourth-order valence-corrected chi connectivity index (χ4v) is 8.66. The molecule has 2 aromatic carbocycles. The van der Waals surface area contributed by atoms with Gasteiger partial charge in [0.05, 0.1) is 12.4 Å². The molecule has 75 heavy (non-hydrogen) atoms. The molecule has 26 heteroatoms. The topological polar surface area (TPSA) is 306 Å². The van der Waals surface area contributed by atoms with E-state index in [1.807, 2.05) is 55.8 Å². The summed E-state index contributed by atoms with van der Waals surface area (Å²) in [4.78, 5) is 57.2. The number of rotatable bonds is 12. The highest BCUT2D eigenvalue weighted by atomic mass is 32.2. The molecule has 0 aliphatic heterocycles. The second-order valence-corrected chi connectivity index (χ2v) is 21.0. The smallest absolute Gasteiger partial charge is 0.388 e. The lowest BCUT2D eigenvalue weighted by atomic mass is 9.97. The lowest BCUT2D eigenvalue weighted by Crippen LogP contribution is -2.51. The molecule has 0 saturated carbocycles. The summed E-state index contributed by atoms with van der Waals surface area (Å²) >= 11 is 0. The summed E-state index contributed by atoms with van der Waals surface area (Å²) in [6, 6.07) is 15.1. The minimum Gasteiger partial charge on any atom is -0.806 e. The van der Waals surface area contributed by atoms with Crippen molar-refractivity contribution >= 4 is 61.0 Å². The van der Waals surface area contributed by atoms with Gasteiger partial charge in [0, 0.05) is 138 Å². The number of nitrogens with one attached hydrogen (secondary N) is 2. The number of aryl methyl sites for hydroxylation is 2. The fraction of sp³-hybridized carbons (Fsp3) is 0.286. The van der Waals surface area contributed by atoms with Gasteiger partial charge in [-0.3, -0.25) is 19.0 Å². The van der Waals surface area contributed by atoms with E-state index < -0.39 is 54.0 Å². The monoisotopic (exact) mass is 1060 g/mol. The quantitative estimate of drug-likeness (QED) is 0.0683. The number of hydrogen-bond donors (Lipinski definition) is 3. The van der Waals surface area contributed by atoms with Crippen molar-refractivity contribution in [2.75, 3.05) is 58.2 Å². The minimum absolute atomic E-state index is 0.0633. The Morgan fingerprint density at radius 2 is 1.11 bits per heavy atom. The van der Waals surface area contributed by atoms with Gasteiger partial charge >= 0.3 is 16.1 Å². The first kappa shape index (κ1) is 57.3. The van der Waals surface area contributed by atoms with E-state index in [0.29, 0.717) is 11.6 Å². The van der Waals surface area contributed by atoms with Crippen molar-refractivity contribution in [3.8, 4) is 22.3 Å². The first-order valence-electron chi connectivity index (χ1n) is 22.8. The third-order valence-corrected chi connectivity index (χ3v) is 13.2. The zero-order chi connectivity index (χ0) is 55.5. The van der Waals surface area contributed by atoms with Crippen molar-refractivity contribution in [3.63, 3.8) is 0 Å². The molecule has 0 aliphatic carbocycles. The van der Waals surface area contributed by atoms with Crippen molar-refractivity contribution in [2.24, 2.45) is 18.5 Å². The van der Waals surface area contributed by atoms with Gasteiger partial charge in [-0.25, -0.2) is 34.0 Å². The van der Waals surface area contributed by atoms with Crippen molar-refractivity contribution < 1.29 is 40.9 Å². The molecular weight excluding hydrogens is 1000 g/mol. The number of nitrogen functional groups attached to an aromatic ring is 1. The first-order chi connectivity index (χ1) is 35.2. The lowest BCUT2D eigenvalue weighted by molar-refractivity contribution is -0.613. The van der Waals surface area contributed by atoms with Crippen LogP contribution in [-0.2, 0) is 34.1 Å². The number of carbonyl (C=O) groups excluding carboxylic acids is 3. The van der Waals surface area contributed by atoms with Crippen LogP contribution in [0.25, 0.3) is 22.3 Å². The Morgan fingerprint density at radius 1 is 0.653 bits per heavy atom. The molecule has 7 aromatic rings. The number of nitrogens with two attached hydrogens (primary N) is 1. The van der Waals surface area contributed by atoms with E-state index in [9.17, 15) is 36.3 Å². The van der Waals surface area contributed by atoms with E-state index in [0.717, 1.165) is 65.3 Å². The zero-order valence-corrected chi connectivity index (χ0v) is 45.2. The number of sulfonamides is 2. The number of amides is 4. The second-order valence-electron chi connectivity index (χ2n) is 17.9. The third kappa shape index (κ3) is 14.7. The molecule has 5 heterocycles. The standard InChI is InChI=1S/C21H25N7O4S.C15H20N6O4S.C13H15N3/c1-13(2)16-7-6-14(15-10-22-12-23-11-15)8-17(16)24-21(30)26-33(31,32)19-9-18(28(5)25-19)20(29)27(3)4;1-18(2)11-6-8-21(9-7-11)15(23)17-26(24,25)13-10-12(20(5)16-13)14(22)19(3)4;1-9(2)12-4-3-10(5-13(12)14)11-6-15-8-16-7-11/h6-13H,1-5H3,(H2,24,26,30);6-10H,1-5H3;3-9H,14H2,1-2H3. The van der Waals surface area contributed by atoms with E-state index in [-0.39, 0.29) is 17.3 Å². The van der Waals surface area contributed by atoms with E-state index in [2.05, 4.69) is 65.8 Å². The second kappa shape index (κ2) is 24.4. The summed E-state index contributed by atoms with van der Waals surface area (Å²) in [5.74, 6) is -0.324. The molecule has 0 radical (unpaired) electrons. The predicted molar refractivity (Wildman–Crippen MR) is 280 cm³/mol. The fourth-order valence-electron chi connectivity index (χ4n) is 6.88. The number of urea groups is 1. The van der Waals surface area contributed by atoms with E-state index >= 15 is 0 Å². The van der Waals surface area contributed by atoms with Gasteiger partial charge in [-0.05, 0) is 46.2 Å². The number of aromatic nitrogens is 9. The highest BCUT2D eigenvalue weighted by Crippen LogP contribution is 2.30. The highest BCUT2D eigenvalue weighted by Gasteiger charge is 2.28. The number of benzene rings is 2. The van der Waals surface area contributed by atoms with Crippen LogP contribution < -0.4 is 30.3 Å². The van der Waals surface area contributed by atoms with Crippen LogP contribution in [0.2, 0.25) is 0 Å². The molecule has 4 amide bonds. The van der Waals surface area contributed by atoms with Crippen molar-refractivity contribution in [2.45, 2.75) is 49.6 Å². The maximum atomic E-state index is 12.7. The van der Waals surface area contributed by atoms with Gasteiger partial charge in [-0.1, -0.05) is 52.0 Å². The highest BCUT2D eigenvalue weighted by molar-refractivity contribution is 7.90. The summed E-state index contributed by atoms with van der Waals surface area (Å²) in [6.45, 7) is 8.18. The average Bonchev–Trinajstić information content (AvgIpc) is 3.97. The van der Waals surface area contributed by atoms with E-state index in [1.165, 1.54) is 82.7 Å². The van der Waals surface area contributed by atoms with Crippen LogP contribution in [-0.4, -0.2) is 132 Å². The molecule has 0 unspecified atom stereocenters. The molecule has 4 N–H and O–H groups in total. The molecule has 0 spiro atoms. The minimum atomic E-state index is -4.35. The molecule has 0 saturated heterocycles. The van der Waals surface area contributed by atoms with Gasteiger partial charge < -0.3 is 30.9 Å². The summed E-state index contributed by atoms with van der Waals surface area (Å²) in [7, 11) is 4.03. The number of carbonyl (C=O) groups is 3. The number of anilines is 3. The average molecular weight is 1070 g/mol. The first-order valence-corrected chi connectivity index (χ1v) is 25.7. The van der Waals surface area contributed by atoms with Crippen LogP contribution in [0.5, 0.6) is 0 Å². The molecular formula is C49H60N16O8S2. The van der Waals surface area contributed by atoms with Crippen LogP contribution >= 0.6 is 0 Å². The van der Waals surface area contributed by atoms with Crippen LogP contribution in [0.15, 0.2) is 125 Å². The van der Waals surface area contributed by atoms with Gasteiger partial charge in [0.15, 0.2) is 5.03 Å². The van der Waals surface area contributed by atoms with Crippen molar-refractivity contribution in [1.29, 1.82) is 0 Å². The normalized spacial score (nSPS) is 11.5. The summed E-state index contributed by atoms with van der Waals surface area (Å²) in [6.07, 6.45) is 12.6. The van der Waals surface area contributed by atoms with Gasteiger partial charge in [-0.2, -0.15) is 27.0 Å². The summed E-state index contributed by atoms with van der Waals surface area (Å²) in [5, 5.41) is 21.5. The van der Waals surface area contributed by atoms with Gasteiger partial charge in [-0.15, -0.1) is 0 Å². The predicted octanol–water partition coefficient (Wildman–Crippen LogP) is 3.49. The zero-order valence-electron chi connectivity index (χ0n) is 43.5. The number of nitrogens with zero attached hydrogens (tertiary/aromatic N) is 13. The van der Waals surface area contributed by atoms with Crippen molar-refractivity contribution in [3.05, 3.63) is 133 Å². The van der Waals surface area contributed by atoms with Gasteiger partial charge in [0.2, 0.25) is 5.03 Å². The lowest BCUT2D eigenvalue weighted by Gasteiger charge is -2.16. The van der Waals surface area contributed by atoms with Crippen LogP contribution in [0.1, 0.15) is 71.6 Å². The number of hydrogen-bond acceptors (Lipinski definition) is 16. The Balaban J connectivity index is 0.000000220. The van der Waals surface area contributed by atoms with Crippen LogP contribution in [0.4, 0.5) is 21.9 Å². The van der Waals surface area contributed by atoms with Crippen LogP contribution in [0, 0.1) is 0 Å². The van der Waals surface area contributed by atoms with Gasteiger partial charge in [0.1, 0.15) is 24.0 Å². The van der Waals surface area contributed by atoms with Crippen LogP contribution in [0.3, 0.4) is 0 Å². The molecule has 0 aliphatic rings. The number of pyridine rings is 1. The van der Waals surface area contributed by atoms with Crippen molar-refractivity contribution in [1.82, 2.24) is 54.0 Å². The summed E-state index contributed by atoms with van der Waals surface area (Å²) in [5.41, 5.74) is 13.8. The Bertz CT molecular complexity index is 3400. The summed E-state index contributed by atoms with van der Waals surface area (Å²) < 4.78 is 58.6. The Kier molecular flexibility index (Phi) is 18.6. The maximum Gasteiger partial charge on any atom is 0.388 e. The third-order valence-electron chi connectivity index (χ3n) is 10.9. The Hall–Kier alpha value is -8.65. The molecule has 0 bridgehead atoms. The molecule has 5 aromatic heterocycles. The Labute approximate surface area is 435 Å². The SMILES string of the molecule is CC(C)c1ccc(-c2cncnc2)cc1N.CC(C)c1ccc(-c2cncnc2)cc1NC(=O)NS(=O)(=O)c1cc(C(=O)N(C)C)n(C)n1.CN(C)C(=O)c1cc(S(=O)(=O)N=C([O-])[n+]2ccc(N(C)C)cc2)nn1C. The largest absolute Gasteiger partial charge is 0.806 e. The molecule has 0 atom stereocenters. The molecule has 24 nitrogen and oxygen atoms in total. The molecule has 396 valence electrons. The molecule has 0 fully saturated rings.